The van der Waals surface area contributed by atoms with Gasteiger partial charge in [0.2, 0.25) is 5.91 Å². The molecule has 0 spiro atoms. The van der Waals surface area contributed by atoms with Gasteiger partial charge in [0.25, 0.3) is 5.91 Å². The molecule has 2 aromatic heterocycles. The molecule has 0 bridgehead atoms. The SMILES string of the molecule is CCn1nc(C)cc1C(=O)NCC(=O)NCc1nc2ccccc2n1Cc1ccccc1. The highest BCUT2D eigenvalue weighted by Crippen LogP contribution is 2.18. The molecule has 2 aromatic carbocycles. The first kappa shape index (κ1) is 21.3. The summed E-state index contributed by atoms with van der Waals surface area (Å²) in [6.45, 7) is 5.13. The lowest BCUT2D eigenvalue weighted by molar-refractivity contribution is -0.120. The van der Waals surface area contributed by atoms with Crippen molar-refractivity contribution < 1.29 is 9.59 Å². The largest absolute Gasteiger partial charge is 0.347 e. The van der Waals surface area contributed by atoms with E-state index in [4.69, 9.17) is 4.98 Å². The second-order valence-electron chi connectivity index (χ2n) is 7.53. The van der Waals surface area contributed by atoms with Crippen molar-refractivity contribution in [3.05, 3.63) is 83.4 Å². The predicted octanol–water partition coefficient (Wildman–Crippen LogP) is 2.66. The molecule has 4 rings (SSSR count). The van der Waals surface area contributed by atoms with Crippen LogP contribution in [0.3, 0.4) is 0 Å². The minimum absolute atomic E-state index is 0.119. The van der Waals surface area contributed by atoms with Crippen molar-refractivity contribution in [1.82, 2.24) is 30.0 Å². The van der Waals surface area contributed by atoms with E-state index in [9.17, 15) is 9.59 Å². The van der Waals surface area contributed by atoms with E-state index in [2.05, 4.69) is 32.4 Å². The second kappa shape index (κ2) is 9.47. The Hall–Kier alpha value is -3.94. The van der Waals surface area contributed by atoms with Crippen molar-refractivity contribution in [3.63, 3.8) is 0 Å². The summed E-state index contributed by atoms with van der Waals surface area (Å²) < 4.78 is 3.72. The summed E-state index contributed by atoms with van der Waals surface area (Å²) in [7, 11) is 0. The maximum atomic E-state index is 12.4. The molecule has 8 nitrogen and oxygen atoms in total. The molecule has 32 heavy (non-hydrogen) atoms. The van der Waals surface area contributed by atoms with Gasteiger partial charge in [0.15, 0.2) is 0 Å². The molecule has 2 heterocycles. The molecule has 0 atom stereocenters. The Morgan fingerprint density at radius 1 is 1.00 bits per heavy atom. The molecule has 0 saturated heterocycles. The summed E-state index contributed by atoms with van der Waals surface area (Å²) in [6.07, 6.45) is 0. The minimum Gasteiger partial charge on any atom is -0.347 e. The number of carbonyl (C=O) groups excluding carboxylic acids is 2. The number of hydrogen-bond acceptors (Lipinski definition) is 4. The summed E-state index contributed by atoms with van der Waals surface area (Å²) in [5.74, 6) is 0.157. The molecule has 2 amide bonds. The molecule has 8 heteroatoms. The highest BCUT2D eigenvalue weighted by Gasteiger charge is 2.15. The zero-order valence-corrected chi connectivity index (χ0v) is 18.2. The van der Waals surface area contributed by atoms with Crippen LogP contribution in [0.25, 0.3) is 11.0 Å². The summed E-state index contributed by atoms with van der Waals surface area (Å²) in [4.78, 5) is 29.5. The number of hydrogen-bond donors (Lipinski definition) is 2. The maximum absolute atomic E-state index is 12.4. The average molecular weight is 431 g/mol. The molecule has 0 aliphatic rings. The van der Waals surface area contributed by atoms with Crippen molar-refractivity contribution in [1.29, 1.82) is 0 Å². The van der Waals surface area contributed by atoms with Gasteiger partial charge in [-0.05, 0) is 37.6 Å². The van der Waals surface area contributed by atoms with Gasteiger partial charge in [-0.1, -0.05) is 42.5 Å². The average Bonchev–Trinajstić information content (AvgIpc) is 3.37. The number of amides is 2. The molecular weight excluding hydrogens is 404 g/mol. The van der Waals surface area contributed by atoms with E-state index < -0.39 is 0 Å². The number of para-hydroxylation sites is 2. The third-order valence-electron chi connectivity index (χ3n) is 5.20. The number of nitrogens with one attached hydrogen (secondary N) is 2. The summed E-state index contributed by atoms with van der Waals surface area (Å²) in [5, 5.41) is 9.79. The van der Waals surface area contributed by atoms with Crippen LogP contribution in [0.15, 0.2) is 60.7 Å². The normalized spacial score (nSPS) is 10.9. The predicted molar refractivity (Wildman–Crippen MR) is 122 cm³/mol. The zero-order chi connectivity index (χ0) is 22.5. The van der Waals surface area contributed by atoms with Crippen molar-refractivity contribution in [2.24, 2.45) is 0 Å². The van der Waals surface area contributed by atoms with Gasteiger partial charge in [0.1, 0.15) is 11.5 Å². The maximum Gasteiger partial charge on any atom is 0.269 e. The third-order valence-corrected chi connectivity index (χ3v) is 5.20. The quantitative estimate of drug-likeness (QED) is 0.449. The molecule has 0 aliphatic carbocycles. The fraction of sp³-hybridized carbons (Fsp3) is 0.250. The number of carbonyl (C=O) groups is 2. The Labute approximate surface area is 186 Å². The Balaban J connectivity index is 1.42. The summed E-state index contributed by atoms with van der Waals surface area (Å²) in [5.41, 5.74) is 4.25. The molecule has 0 radical (unpaired) electrons. The van der Waals surface area contributed by atoms with Gasteiger partial charge in [-0.15, -0.1) is 0 Å². The lowest BCUT2D eigenvalue weighted by atomic mass is 10.2. The zero-order valence-electron chi connectivity index (χ0n) is 18.2. The van der Waals surface area contributed by atoms with Crippen molar-refractivity contribution in [2.75, 3.05) is 6.54 Å². The first-order valence-electron chi connectivity index (χ1n) is 10.6. The van der Waals surface area contributed by atoms with Gasteiger partial charge >= 0.3 is 0 Å². The van der Waals surface area contributed by atoms with Gasteiger partial charge in [-0.25, -0.2) is 4.98 Å². The van der Waals surface area contributed by atoms with Crippen LogP contribution in [0.1, 0.15) is 34.5 Å². The fourth-order valence-corrected chi connectivity index (χ4v) is 3.66. The van der Waals surface area contributed by atoms with Gasteiger partial charge < -0.3 is 15.2 Å². The standard InChI is InChI=1S/C24H26N6O2/c1-3-30-21(13-17(2)28-30)24(32)26-15-23(31)25-14-22-27-19-11-7-8-12-20(19)29(22)16-18-9-5-4-6-10-18/h4-13H,3,14-16H2,1-2H3,(H,25,31)(H,26,32). The molecule has 0 fully saturated rings. The summed E-state index contributed by atoms with van der Waals surface area (Å²) in [6, 6.07) is 19.7. The van der Waals surface area contributed by atoms with E-state index in [0.717, 1.165) is 28.1 Å². The van der Waals surface area contributed by atoms with Crippen LogP contribution in [0, 0.1) is 6.92 Å². The lowest BCUT2D eigenvalue weighted by Crippen LogP contribution is -2.37. The monoisotopic (exact) mass is 430 g/mol. The molecular formula is C24H26N6O2. The molecule has 0 unspecified atom stereocenters. The topological polar surface area (TPSA) is 93.8 Å². The Morgan fingerprint density at radius 3 is 2.53 bits per heavy atom. The summed E-state index contributed by atoms with van der Waals surface area (Å²) >= 11 is 0. The molecule has 164 valence electrons. The van der Waals surface area contributed by atoms with E-state index in [1.54, 1.807) is 10.7 Å². The molecule has 2 N–H and O–H groups in total. The van der Waals surface area contributed by atoms with Crippen molar-refractivity contribution in [2.45, 2.75) is 33.5 Å². The van der Waals surface area contributed by atoms with E-state index >= 15 is 0 Å². The number of imidazole rings is 1. The Kier molecular flexibility index (Phi) is 6.30. The lowest BCUT2D eigenvalue weighted by Gasteiger charge is -2.11. The van der Waals surface area contributed by atoms with Gasteiger partial charge in [0, 0.05) is 13.1 Å². The van der Waals surface area contributed by atoms with Gasteiger partial charge in [-0.3, -0.25) is 14.3 Å². The smallest absolute Gasteiger partial charge is 0.269 e. The second-order valence-corrected chi connectivity index (χ2v) is 7.53. The highest BCUT2D eigenvalue weighted by atomic mass is 16.2. The van der Waals surface area contributed by atoms with Crippen LogP contribution in [0.5, 0.6) is 0 Å². The molecule has 4 aromatic rings. The van der Waals surface area contributed by atoms with Crippen LogP contribution in [-0.4, -0.2) is 37.7 Å². The van der Waals surface area contributed by atoms with E-state index in [-0.39, 0.29) is 24.9 Å². The number of fused-ring (bicyclic) bond motifs is 1. The fourth-order valence-electron chi connectivity index (χ4n) is 3.66. The first-order valence-corrected chi connectivity index (χ1v) is 10.6. The molecule has 0 aliphatic heterocycles. The Bertz CT molecular complexity index is 1240. The third kappa shape index (κ3) is 4.69. The van der Waals surface area contributed by atoms with Crippen LogP contribution >= 0.6 is 0 Å². The number of rotatable bonds is 8. The van der Waals surface area contributed by atoms with Crippen molar-refractivity contribution in [3.8, 4) is 0 Å². The van der Waals surface area contributed by atoms with Gasteiger partial charge in [0.05, 0.1) is 29.8 Å². The van der Waals surface area contributed by atoms with E-state index in [1.165, 1.54) is 0 Å². The van der Waals surface area contributed by atoms with Gasteiger partial charge in [-0.2, -0.15) is 5.10 Å². The van der Waals surface area contributed by atoms with Crippen LogP contribution < -0.4 is 10.6 Å². The number of nitrogens with zero attached hydrogens (tertiary/aromatic N) is 4. The van der Waals surface area contributed by atoms with Crippen LogP contribution in [-0.2, 0) is 24.4 Å². The van der Waals surface area contributed by atoms with Crippen LogP contribution in [0.4, 0.5) is 0 Å². The Morgan fingerprint density at radius 2 is 1.75 bits per heavy atom. The molecule has 0 saturated carbocycles. The highest BCUT2D eigenvalue weighted by molar-refractivity contribution is 5.95. The number of aryl methyl sites for hydroxylation is 2. The number of benzene rings is 2. The van der Waals surface area contributed by atoms with Crippen LogP contribution in [0.2, 0.25) is 0 Å². The van der Waals surface area contributed by atoms with E-state index in [1.807, 2.05) is 56.3 Å². The van der Waals surface area contributed by atoms with E-state index in [0.29, 0.717) is 18.8 Å². The first-order chi connectivity index (χ1) is 15.5. The number of aromatic nitrogens is 4. The van der Waals surface area contributed by atoms with Crippen molar-refractivity contribution >= 4 is 22.8 Å². The minimum atomic E-state index is -0.320.